The van der Waals surface area contributed by atoms with Crippen LogP contribution in [0.2, 0.25) is 0 Å². The van der Waals surface area contributed by atoms with E-state index in [1.807, 2.05) is 33.8 Å². The Bertz CT molecular complexity index is 2240. The van der Waals surface area contributed by atoms with Crippen LogP contribution in [0.4, 0.5) is 0 Å². The number of rotatable bonds is 8. The normalized spacial score (nSPS) is 20.4. The van der Waals surface area contributed by atoms with E-state index in [1.54, 1.807) is 33.2 Å². The highest BCUT2D eigenvalue weighted by Gasteiger charge is 2.41. The Hall–Kier alpha value is -4.46. The average molecular weight is 756 g/mol. The van der Waals surface area contributed by atoms with Crippen molar-refractivity contribution in [2.45, 2.75) is 95.6 Å². The largest absolute Gasteiger partial charge is 0.497 e. The fraction of sp³-hybridized carbons (Fsp3) is 0.488. The lowest BCUT2D eigenvalue weighted by Crippen LogP contribution is -2.61. The van der Waals surface area contributed by atoms with Crippen LogP contribution < -0.4 is 9.46 Å². The zero-order valence-electron chi connectivity index (χ0n) is 31.6. The molecule has 2 amide bonds. The predicted molar refractivity (Wildman–Crippen MR) is 207 cm³/mol. The van der Waals surface area contributed by atoms with Crippen LogP contribution in [0.15, 0.2) is 42.6 Å². The number of benzene rings is 2. The van der Waals surface area contributed by atoms with Crippen molar-refractivity contribution in [2.24, 2.45) is 0 Å². The summed E-state index contributed by atoms with van der Waals surface area (Å²) in [5.41, 5.74) is 7.52. The smallest absolute Gasteiger partial charge is 0.264 e. The maximum atomic E-state index is 14.7. The molecule has 1 aliphatic carbocycles. The number of morpholine rings is 2. The molecular weight excluding hydrogens is 707 g/mol. The molecule has 0 atom stereocenters. The monoisotopic (exact) mass is 755 g/mol. The topological polar surface area (TPSA) is 134 Å². The Labute approximate surface area is 316 Å². The van der Waals surface area contributed by atoms with Gasteiger partial charge in [0.25, 0.3) is 11.8 Å². The second-order valence-corrected chi connectivity index (χ2v) is 17.8. The summed E-state index contributed by atoms with van der Waals surface area (Å²) < 4.78 is 49.4. The van der Waals surface area contributed by atoms with E-state index in [2.05, 4.69) is 35.3 Å². The van der Waals surface area contributed by atoms with Gasteiger partial charge >= 0.3 is 0 Å². The molecule has 0 unspecified atom stereocenters. The Balaban J connectivity index is 1.35. The van der Waals surface area contributed by atoms with Crippen molar-refractivity contribution in [1.29, 1.82) is 0 Å². The van der Waals surface area contributed by atoms with E-state index in [0.29, 0.717) is 50.2 Å². The van der Waals surface area contributed by atoms with Crippen molar-refractivity contribution in [3.05, 3.63) is 70.5 Å². The minimum absolute atomic E-state index is 0.0557. The molecule has 2 aromatic carbocycles. The fourth-order valence-corrected chi connectivity index (χ4v) is 9.34. The lowest BCUT2D eigenvalue weighted by molar-refractivity contribution is -0.119. The molecule has 2 aromatic heterocycles. The third-order valence-corrected chi connectivity index (χ3v) is 13.2. The number of allylic oxidation sites excluding steroid dienone is 1. The summed E-state index contributed by atoms with van der Waals surface area (Å²) in [6.07, 6.45) is 9.43. The maximum absolute atomic E-state index is 14.7. The summed E-state index contributed by atoms with van der Waals surface area (Å²) in [7, 11) is -2.19. The first-order chi connectivity index (χ1) is 26.0. The molecular formula is C41H49N5O7S. The lowest BCUT2D eigenvalue weighted by atomic mass is 9.81. The number of carbonyl (C=O) groups is 2. The Morgan fingerprint density at radius 1 is 0.926 bits per heavy atom. The first-order valence-electron chi connectivity index (χ1n) is 19.1. The molecule has 0 spiro atoms. The molecule has 4 aliphatic rings. The molecule has 54 heavy (non-hydrogen) atoms. The Morgan fingerprint density at radius 3 is 2.28 bits per heavy atom. The highest BCUT2D eigenvalue weighted by molar-refractivity contribution is 7.90. The third kappa shape index (κ3) is 6.33. The highest BCUT2D eigenvalue weighted by atomic mass is 32.2. The van der Waals surface area contributed by atoms with E-state index < -0.39 is 21.2 Å². The maximum Gasteiger partial charge on any atom is 0.264 e. The van der Waals surface area contributed by atoms with Crippen LogP contribution in [0.3, 0.4) is 0 Å². The zero-order chi connectivity index (χ0) is 37.9. The number of amides is 2. The molecule has 2 bridgehead atoms. The summed E-state index contributed by atoms with van der Waals surface area (Å²) in [5.74, 6) is 0.255. The molecule has 0 radical (unpaired) electrons. The molecule has 12 nitrogen and oxygen atoms in total. The van der Waals surface area contributed by atoms with E-state index in [1.165, 1.54) is 12.0 Å². The van der Waals surface area contributed by atoms with Crippen LogP contribution in [-0.4, -0.2) is 90.4 Å². The van der Waals surface area contributed by atoms with Crippen LogP contribution in [0.5, 0.6) is 5.75 Å². The number of fused-ring (bicyclic) bond motifs is 7. The number of sulfonamides is 1. The molecule has 2 saturated heterocycles. The first kappa shape index (κ1) is 36.5. The molecule has 4 aromatic rings. The van der Waals surface area contributed by atoms with Gasteiger partial charge in [-0.2, -0.15) is 5.10 Å². The minimum atomic E-state index is -3.85. The SMILES string of the molecule is COc1ccc2c(c1)C=C(c1c(C(=O)N3C4COCC3COC4)cnn1C(C)C)Cn1c-2c(C2CCCCC2)c2ccc(C(=O)NS(=O)(=O)C(C)C)cc21. The van der Waals surface area contributed by atoms with Crippen molar-refractivity contribution in [1.82, 2.24) is 24.0 Å². The van der Waals surface area contributed by atoms with Crippen LogP contribution >= 0.6 is 0 Å². The van der Waals surface area contributed by atoms with Crippen LogP contribution in [0.25, 0.3) is 33.8 Å². The van der Waals surface area contributed by atoms with Crippen molar-refractivity contribution in [2.75, 3.05) is 33.5 Å². The highest BCUT2D eigenvalue weighted by Crippen LogP contribution is 2.48. The van der Waals surface area contributed by atoms with Gasteiger partial charge in [0.05, 0.1) is 80.6 Å². The quantitative estimate of drug-likeness (QED) is 0.218. The van der Waals surface area contributed by atoms with Crippen LogP contribution in [0, 0.1) is 0 Å². The Morgan fingerprint density at radius 2 is 1.63 bits per heavy atom. The molecule has 1 N–H and O–H groups in total. The van der Waals surface area contributed by atoms with Gasteiger partial charge in [-0.1, -0.05) is 25.3 Å². The number of methoxy groups -OCH3 is 1. The summed E-state index contributed by atoms with van der Waals surface area (Å²) >= 11 is 0. The predicted octanol–water partition coefficient (Wildman–Crippen LogP) is 6.40. The summed E-state index contributed by atoms with van der Waals surface area (Å²) in [6, 6.07) is 11.2. The third-order valence-electron chi connectivity index (χ3n) is 11.5. The number of ether oxygens (including phenoxy) is 3. The fourth-order valence-electron chi connectivity index (χ4n) is 8.73. The van der Waals surface area contributed by atoms with Gasteiger partial charge in [-0.15, -0.1) is 0 Å². The number of carbonyl (C=O) groups excluding carboxylic acids is 2. The second-order valence-electron chi connectivity index (χ2n) is 15.6. The Kier molecular flexibility index (Phi) is 9.68. The van der Waals surface area contributed by atoms with Gasteiger partial charge in [0, 0.05) is 28.1 Å². The minimum Gasteiger partial charge on any atom is -0.497 e. The molecule has 1 saturated carbocycles. The van der Waals surface area contributed by atoms with Crippen molar-refractivity contribution < 1.29 is 32.2 Å². The van der Waals surface area contributed by atoms with E-state index in [4.69, 9.17) is 19.3 Å². The number of nitrogens with zero attached hydrogens (tertiary/aromatic N) is 4. The van der Waals surface area contributed by atoms with E-state index in [-0.39, 0.29) is 29.6 Å². The van der Waals surface area contributed by atoms with Gasteiger partial charge in [0.15, 0.2) is 0 Å². The van der Waals surface area contributed by atoms with Crippen LogP contribution in [0.1, 0.15) is 109 Å². The second kappa shape index (κ2) is 14.3. The zero-order valence-corrected chi connectivity index (χ0v) is 32.4. The van der Waals surface area contributed by atoms with Gasteiger partial charge in [-0.3, -0.25) is 14.3 Å². The number of hydrogen-bond acceptors (Lipinski definition) is 8. The van der Waals surface area contributed by atoms with Crippen molar-refractivity contribution in [3.8, 4) is 17.0 Å². The average Bonchev–Trinajstić information content (AvgIpc) is 3.69. The number of aromatic nitrogens is 3. The molecule has 5 heterocycles. The van der Waals surface area contributed by atoms with Gasteiger partial charge in [-0.05, 0) is 99.6 Å². The summed E-state index contributed by atoms with van der Waals surface area (Å²) in [5, 5.41) is 5.10. The molecule has 3 fully saturated rings. The first-order valence-corrected chi connectivity index (χ1v) is 20.7. The standard InChI is InChI=1S/C41H49N5O7S/c1-24(2)46-38(35(18-42-46)41(48)45-30-20-52-22-31(45)23-53-21-30)29-15-28-16-32(51-5)12-14-33(28)39-37(26-9-7-6-8-10-26)34-13-11-27(17-36(34)44(39)19-29)40(47)43-54(49,50)25(3)4/h11-18,24-26,30-31H,6-10,19-23H2,1-5H3,(H,43,47). The lowest BCUT2D eigenvalue weighted by Gasteiger charge is -2.45. The van der Waals surface area contributed by atoms with E-state index >= 15 is 0 Å². The summed E-state index contributed by atoms with van der Waals surface area (Å²) in [6.45, 7) is 9.26. The van der Waals surface area contributed by atoms with Crippen molar-refractivity contribution >= 4 is 44.4 Å². The van der Waals surface area contributed by atoms with E-state index in [9.17, 15) is 18.0 Å². The molecule has 3 aliphatic heterocycles. The van der Waals surface area contributed by atoms with Gasteiger partial charge in [-0.25, -0.2) is 13.1 Å². The molecule has 286 valence electrons. The van der Waals surface area contributed by atoms with Gasteiger partial charge in [0.1, 0.15) is 5.75 Å². The van der Waals surface area contributed by atoms with Gasteiger partial charge < -0.3 is 23.7 Å². The van der Waals surface area contributed by atoms with Gasteiger partial charge in [0.2, 0.25) is 10.0 Å². The summed E-state index contributed by atoms with van der Waals surface area (Å²) in [4.78, 5) is 30.2. The van der Waals surface area contributed by atoms with E-state index in [0.717, 1.165) is 64.7 Å². The number of hydrogen-bond donors (Lipinski definition) is 1. The molecule has 13 heteroatoms. The van der Waals surface area contributed by atoms with Crippen LogP contribution in [-0.2, 0) is 26.0 Å². The molecule has 8 rings (SSSR count). The number of nitrogens with one attached hydrogen (secondary N) is 1. The van der Waals surface area contributed by atoms with Crippen molar-refractivity contribution in [3.63, 3.8) is 0 Å².